The van der Waals surface area contributed by atoms with Crippen LogP contribution in [0.2, 0.25) is 0 Å². The molecule has 0 amide bonds. The van der Waals surface area contributed by atoms with Crippen molar-refractivity contribution in [1.29, 1.82) is 0 Å². The van der Waals surface area contributed by atoms with E-state index in [1.54, 1.807) is 22.7 Å². The molecule has 2 aromatic heterocycles. The molecule has 1 aliphatic rings. The van der Waals surface area contributed by atoms with Crippen molar-refractivity contribution in [2.45, 2.75) is 13.0 Å². The van der Waals surface area contributed by atoms with Crippen LogP contribution < -0.4 is 0 Å². The van der Waals surface area contributed by atoms with Crippen molar-refractivity contribution in [2.24, 2.45) is 5.92 Å². The molecule has 3 heterocycles. The SMILES string of the molecule is OCC1CCN(Cc2csc(-c3cccs3)n2)C1. The Kier molecular flexibility index (Phi) is 3.75. The number of rotatable bonds is 4. The van der Waals surface area contributed by atoms with Gasteiger partial charge < -0.3 is 5.11 Å². The smallest absolute Gasteiger partial charge is 0.133 e. The van der Waals surface area contributed by atoms with Crippen LogP contribution in [-0.4, -0.2) is 34.7 Å². The number of thiophene rings is 1. The van der Waals surface area contributed by atoms with Crippen LogP contribution in [0.15, 0.2) is 22.9 Å². The number of aliphatic hydroxyl groups excluding tert-OH is 1. The van der Waals surface area contributed by atoms with Gasteiger partial charge in [-0.2, -0.15) is 0 Å². The van der Waals surface area contributed by atoms with Crippen molar-refractivity contribution >= 4 is 22.7 Å². The fourth-order valence-electron chi connectivity index (χ4n) is 2.33. The van der Waals surface area contributed by atoms with Gasteiger partial charge in [0, 0.05) is 25.1 Å². The topological polar surface area (TPSA) is 36.4 Å². The Labute approximate surface area is 115 Å². The van der Waals surface area contributed by atoms with Crippen molar-refractivity contribution in [3.63, 3.8) is 0 Å². The van der Waals surface area contributed by atoms with Crippen LogP contribution in [0.1, 0.15) is 12.1 Å². The first-order valence-corrected chi connectivity index (χ1v) is 7.92. The van der Waals surface area contributed by atoms with E-state index >= 15 is 0 Å². The summed E-state index contributed by atoms with van der Waals surface area (Å²) in [6, 6.07) is 4.18. The minimum atomic E-state index is 0.314. The van der Waals surface area contributed by atoms with Crippen LogP contribution >= 0.6 is 22.7 Å². The molecule has 1 aliphatic heterocycles. The van der Waals surface area contributed by atoms with Crippen molar-refractivity contribution in [1.82, 2.24) is 9.88 Å². The monoisotopic (exact) mass is 280 g/mol. The Hall–Kier alpha value is -0.750. The predicted octanol–water partition coefficient (Wildman–Crippen LogP) is 2.69. The quantitative estimate of drug-likeness (QED) is 0.935. The fraction of sp³-hybridized carbons (Fsp3) is 0.462. The second kappa shape index (κ2) is 5.48. The van der Waals surface area contributed by atoms with E-state index in [-0.39, 0.29) is 0 Å². The zero-order chi connectivity index (χ0) is 12.4. The highest BCUT2D eigenvalue weighted by atomic mass is 32.1. The molecule has 1 unspecified atom stereocenters. The summed E-state index contributed by atoms with van der Waals surface area (Å²) in [5.41, 5.74) is 1.15. The minimum Gasteiger partial charge on any atom is -0.396 e. The Morgan fingerprint density at radius 3 is 3.11 bits per heavy atom. The van der Waals surface area contributed by atoms with Gasteiger partial charge in [-0.3, -0.25) is 4.90 Å². The molecule has 18 heavy (non-hydrogen) atoms. The van der Waals surface area contributed by atoms with Gasteiger partial charge in [-0.15, -0.1) is 22.7 Å². The van der Waals surface area contributed by atoms with Crippen LogP contribution in [0, 0.1) is 5.92 Å². The first-order chi connectivity index (χ1) is 8.85. The van der Waals surface area contributed by atoms with Gasteiger partial charge in [0.1, 0.15) is 5.01 Å². The molecule has 3 rings (SSSR count). The molecule has 0 radical (unpaired) electrons. The molecule has 0 aromatic carbocycles. The lowest BCUT2D eigenvalue weighted by Gasteiger charge is -2.13. The minimum absolute atomic E-state index is 0.314. The van der Waals surface area contributed by atoms with Crippen molar-refractivity contribution in [2.75, 3.05) is 19.7 Å². The first-order valence-electron chi connectivity index (χ1n) is 6.16. The third-order valence-electron chi connectivity index (χ3n) is 3.30. The van der Waals surface area contributed by atoms with E-state index in [2.05, 4.69) is 27.8 Å². The largest absolute Gasteiger partial charge is 0.396 e. The van der Waals surface area contributed by atoms with Gasteiger partial charge in [0.2, 0.25) is 0 Å². The van der Waals surface area contributed by atoms with Crippen molar-refractivity contribution in [3.8, 4) is 9.88 Å². The van der Waals surface area contributed by atoms with E-state index < -0.39 is 0 Å². The second-order valence-corrected chi connectivity index (χ2v) is 6.50. The molecule has 5 heteroatoms. The average Bonchev–Trinajstić information content (AvgIpc) is 3.10. The summed E-state index contributed by atoms with van der Waals surface area (Å²) in [6.07, 6.45) is 1.11. The highest BCUT2D eigenvalue weighted by Crippen LogP contribution is 2.28. The Bertz CT molecular complexity index is 495. The van der Waals surface area contributed by atoms with E-state index in [9.17, 15) is 0 Å². The maximum Gasteiger partial charge on any atom is 0.133 e. The summed E-state index contributed by atoms with van der Waals surface area (Å²) < 4.78 is 0. The molecule has 1 saturated heterocycles. The van der Waals surface area contributed by atoms with E-state index in [1.807, 2.05) is 0 Å². The standard InChI is InChI=1S/C13H16N2OS2/c16-8-10-3-4-15(6-10)7-11-9-18-13(14-11)12-2-1-5-17-12/h1-2,5,9-10,16H,3-4,6-8H2. The molecule has 3 nitrogen and oxygen atoms in total. The lowest BCUT2D eigenvalue weighted by Crippen LogP contribution is -2.21. The summed E-state index contributed by atoms with van der Waals surface area (Å²) in [6.45, 7) is 3.31. The van der Waals surface area contributed by atoms with Gasteiger partial charge in [-0.1, -0.05) is 6.07 Å². The highest BCUT2D eigenvalue weighted by Gasteiger charge is 2.22. The third kappa shape index (κ3) is 2.64. The second-order valence-electron chi connectivity index (χ2n) is 4.69. The number of hydrogen-bond donors (Lipinski definition) is 1. The third-order valence-corrected chi connectivity index (χ3v) is 5.23. The zero-order valence-corrected chi connectivity index (χ0v) is 11.7. The summed E-state index contributed by atoms with van der Waals surface area (Å²) in [7, 11) is 0. The lowest BCUT2D eigenvalue weighted by molar-refractivity contribution is 0.219. The van der Waals surface area contributed by atoms with E-state index in [4.69, 9.17) is 10.1 Å². The number of aliphatic hydroxyl groups is 1. The molecule has 0 saturated carbocycles. The predicted molar refractivity (Wildman–Crippen MR) is 75.9 cm³/mol. The van der Waals surface area contributed by atoms with Crippen LogP contribution in [0.5, 0.6) is 0 Å². The average molecular weight is 280 g/mol. The number of thiazole rings is 1. The van der Waals surface area contributed by atoms with Crippen LogP contribution in [0.25, 0.3) is 9.88 Å². The lowest BCUT2D eigenvalue weighted by atomic mass is 10.1. The molecule has 0 spiro atoms. The highest BCUT2D eigenvalue weighted by molar-refractivity contribution is 7.20. The van der Waals surface area contributed by atoms with E-state index in [0.717, 1.165) is 36.8 Å². The van der Waals surface area contributed by atoms with Gasteiger partial charge in [0.25, 0.3) is 0 Å². The zero-order valence-electron chi connectivity index (χ0n) is 10.1. The van der Waals surface area contributed by atoms with E-state index in [1.165, 1.54) is 4.88 Å². The fourth-order valence-corrected chi connectivity index (χ4v) is 3.95. The number of hydrogen-bond acceptors (Lipinski definition) is 5. The normalized spacial score (nSPS) is 20.6. The van der Waals surface area contributed by atoms with Gasteiger partial charge in [0.15, 0.2) is 0 Å². The Morgan fingerprint density at radius 1 is 1.44 bits per heavy atom. The van der Waals surface area contributed by atoms with Gasteiger partial charge in [-0.25, -0.2) is 4.98 Å². The molecule has 0 aliphatic carbocycles. The summed E-state index contributed by atoms with van der Waals surface area (Å²) in [4.78, 5) is 8.33. The summed E-state index contributed by atoms with van der Waals surface area (Å²) in [5.74, 6) is 0.459. The van der Waals surface area contributed by atoms with Crippen LogP contribution in [0.4, 0.5) is 0 Å². The molecule has 1 atom stereocenters. The Balaban J connectivity index is 1.64. The molecule has 1 fully saturated rings. The van der Waals surface area contributed by atoms with Crippen LogP contribution in [-0.2, 0) is 6.54 Å². The molecular weight excluding hydrogens is 264 g/mol. The first kappa shape index (κ1) is 12.3. The molecular formula is C13H16N2OS2. The number of aromatic nitrogens is 1. The van der Waals surface area contributed by atoms with Crippen LogP contribution in [0.3, 0.4) is 0 Å². The molecule has 2 aromatic rings. The maximum atomic E-state index is 9.14. The van der Waals surface area contributed by atoms with Gasteiger partial charge >= 0.3 is 0 Å². The Morgan fingerprint density at radius 2 is 2.39 bits per heavy atom. The number of nitrogens with zero attached hydrogens (tertiary/aromatic N) is 2. The summed E-state index contributed by atoms with van der Waals surface area (Å²) >= 11 is 3.46. The molecule has 1 N–H and O–H groups in total. The van der Waals surface area contributed by atoms with Gasteiger partial charge in [-0.05, 0) is 30.3 Å². The van der Waals surface area contributed by atoms with E-state index in [0.29, 0.717) is 12.5 Å². The van der Waals surface area contributed by atoms with Crippen molar-refractivity contribution in [3.05, 3.63) is 28.6 Å². The van der Waals surface area contributed by atoms with Gasteiger partial charge in [0.05, 0.1) is 10.6 Å². The number of likely N-dealkylation sites (tertiary alicyclic amines) is 1. The molecule has 96 valence electrons. The maximum absolute atomic E-state index is 9.14. The van der Waals surface area contributed by atoms with Crippen molar-refractivity contribution < 1.29 is 5.11 Å². The summed E-state index contributed by atoms with van der Waals surface area (Å²) in [5, 5.41) is 14.5. The molecule has 0 bridgehead atoms.